The number of pyridine rings is 1. The van der Waals surface area contributed by atoms with Crippen LogP contribution in [0.15, 0.2) is 34.9 Å². The monoisotopic (exact) mass is 368 g/mol. The molecule has 2 rings (SSSR count). The molecule has 1 aromatic carbocycles. The fourth-order valence-corrected chi connectivity index (χ4v) is 2.26. The zero-order chi connectivity index (χ0) is 16.3. The number of rotatable bonds is 4. The lowest BCUT2D eigenvalue weighted by Gasteiger charge is -2.18. The van der Waals surface area contributed by atoms with Crippen LogP contribution in [0.1, 0.15) is 28.9 Å². The zero-order valence-electron chi connectivity index (χ0n) is 12.0. The van der Waals surface area contributed by atoms with Gasteiger partial charge >= 0.3 is 5.97 Å². The van der Waals surface area contributed by atoms with Crippen molar-refractivity contribution in [3.05, 3.63) is 51.9 Å². The lowest BCUT2D eigenvalue weighted by molar-refractivity contribution is 0.0595. The second-order valence-electron chi connectivity index (χ2n) is 4.52. The van der Waals surface area contributed by atoms with Crippen LogP contribution in [0, 0.1) is 5.82 Å². The third-order valence-electron chi connectivity index (χ3n) is 3.01. The van der Waals surface area contributed by atoms with Crippen LogP contribution < -0.4 is 10.5 Å². The molecular weight excluding hydrogens is 355 g/mol. The van der Waals surface area contributed by atoms with E-state index in [0.717, 1.165) is 0 Å². The highest BCUT2D eigenvalue weighted by Crippen LogP contribution is 2.30. The van der Waals surface area contributed by atoms with Gasteiger partial charge in [0.1, 0.15) is 11.9 Å². The van der Waals surface area contributed by atoms with E-state index in [4.69, 9.17) is 15.2 Å². The Morgan fingerprint density at radius 1 is 1.41 bits per heavy atom. The number of nitrogens with two attached hydrogens (primary N) is 1. The Hall–Kier alpha value is -2.15. The molecule has 5 nitrogen and oxygen atoms in total. The van der Waals surface area contributed by atoms with Crippen LogP contribution in [0.4, 0.5) is 10.2 Å². The minimum Gasteiger partial charge on any atom is -0.482 e. The highest BCUT2D eigenvalue weighted by Gasteiger charge is 2.20. The molecule has 0 amide bonds. The molecule has 0 aliphatic heterocycles. The second kappa shape index (κ2) is 6.74. The number of methoxy groups -OCH3 is 1. The standard InChI is InChI=1S/C15H14BrFN2O3/c1-8(22-13-5-9(16)7-19-14(13)18)12-6-10(17)3-4-11(12)15(20)21-2/h3-8H,1-2H3,(H2,18,19)/t8-/m0/s1. The number of benzene rings is 1. The first-order valence-corrected chi connectivity index (χ1v) is 7.17. The van der Waals surface area contributed by atoms with Gasteiger partial charge in [0.2, 0.25) is 0 Å². The van der Waals surface area contributed by atoms with Gasteiger partial charge in [-0.1, -0.05) is 0 Å². The summed E-state index contributed by atoms with van der Waals surface area (Å²) in [5, 5.41) is 0. The van der Waals surface area contributed by atoms with Gasteiger partial charge in [-0.25, -0.2) is 14.2 Å². The second-order valence-corrected chi connectivity index (χ2v) is 5.44. The molecule has 1 aromatic heterocycles. The summed E-state index contributed by atoms with van der Waals surface area (Å²) in [5.41, 5.74) is 6.35. The van der Waals surface area contributed by atoms with Crippen molar-refractivity contribution >= 4 is 27.7 Å². The SMILES string of the molecule is COC(=O)c1ccc(F)cc1[C@H](C)Oc1cc(Br)cnc1N. The number of halogens is 2. The van der Waals surface area contributed by atoms with Gasteiger partial charge in [0, 0.05) is 16.2 Å². The average molecular weight is 369 g/mol. The average Bonchev–Trinajstić information content (AvgIpc) is 2.50. The van der Waals surface area contributed by atoms with E-state index in [1.165, 1.54) is 31.5 Å². The summed E-state index contributed by atoms with van der Waals surface area (Å²) in [4.78, 5) is 15.7. The Morgan fingerprint density at radius 2 is 2.14 bits per heavy atom. The predicted octanol–water partition coefficient (Wildman–Crippen LogP) is 3.49. The lowest BCUT2D eigenvalue weighted by atomic mass is 10.0. The number of ether oxygens (including phenoxy) is 2. The van der Waals surface area contributed by atoms with Crippen LogP contribution in [0.25, 0.3) is 0 Å². The first-order valence-electron chi connectivity index (χ1n) is 6.37. The summed E-state index contributed by atoms with van der Waals surface area (Å²) in [6, 6.07) is 5.44. The Kier molecular flexibility index (Phi) is 4.97. The van der Waals surface area contributed by atoms with Gasteiger partial charge in [-0.15, -0.1) is 0 Å². The molecule has 0 spiro atoms. The number of nitrogens with zero attached hydrogens (tertiary/aromatic N) is 1. The molecule has 0 saturated heterocycles. The number of nitrogen functional groups attached to an aromatic ring is 1. The number of hydrogen-bond donors (Lipinski definition) is 1. The lowest BCUT2D eigenvalue weighted by Crippen LogP contribution is -2.13. The minimum absolute atomic E-state index is 0.200. The molecule has 2 aromatic rings. The van der Waals surface area contributed by atoms with E-state index in [-0.39, 0.29) is 11.4 Å². The molecule has 22 heavy (non-hydrogen) atoms. The van der Waals surface area contributed by atoms with Gasteiger partial charge in [0.25, 0.3) is 0 Å². The Morgan fingerprint density at radius 3 is 2.82 bits per heavy atom. The first-order chi connectivity index (χ1) is 10.4. The molecule has 0 aliphatic carbocycles. The fraction of sp³-hybridized carbons (Fsp3) is 0.200. The van der Waals surface area contributed by atoms with Gasteiger partial charge in [-0.05, 0) is 47.1 Å². The zero-order valence-corrected chi connectivity index (χ0v) is 13.6. The van der Waals surface area contributed by atoms with E-state index in [2.05, 4.69) is 20.9 Å². The Balaban J connectivity index is 2.36. The van der Waals surface area contributed by atoms with Crippen LogP contribution in [0.2, 0.25) is 0 Å². The van der Waals surface area contributed by atoms with E-state index in [1.807, 2.05) is 0 Å². The number of anilines is 1. The maximum atomic E-state index is 13.5. The molecule has 1 heterocycles. The highest BCUT2D eigenvalue weighted by atomic mass is 79.9. The molecule has 0 bridgehead atoms. The van der Waals surface area contributed by atoms with Crippen LogP contribution in [0.3, 0.4) is 0 Å². The number of esters is 1. The summed E-state index contributed by atoms with van der Waals surface area (Å²) < 4.78 is 24.6. The fourth-order valence-electron chi connectivity index (χ4n) is 1.95. The normalized spacial score (nSPS) is 11.8. The van der Waals surface area contributed by atoms with Crippen molar-refractivity contribution in [2.75, 3.05) is 12.8 Å². The van der Waals surface area contributed by atoms with Gasteiger partial charge < -0.3 is 15.2 Å². The van der Waals surface area contributed by atoms with Crippen molar-refractivity contribution in [2.45, 2.75) is 13.0 Å². The number of carbonyl (C=O) groups excluding carboxylic acids is 1. The quantitative estimate of drug-likeness (QED) is 0.836. The van der Waals surface area contributed by atoms with Crippen LogP contribution in [0.5, 0.6) is 5.75 Å². The van der Waals surface area contributed by atoms with Crippen molar-refractivity contribution in [1.82, 2.24) is 4.98 Å². The van der Waals surface area contributed by atoms with E-state index in [0.29, 0.717) is 15.8 Å². The first kappa shape index (κ1) is 16.2. The third kappa shape index (κ3) is 3.54. The largest absolute Gasteiger partial charge is 0.482 e. The van der Waals surface area contributed by atoms with Crippen molar-refractivity contribution in [3.63, 3.8) is 0 Å². The molecule has 0 aliphatic rings. The van der Waals surface area contributed by atoms with Gasteiger partial charge in [0.15, 0.2) is 11.6 Å². The smallest absolute Gasteiger partial charge is 0.338 e. The van der Waals surface area contributed by atoms with E-state index < -0.39 is 17.9 Å². The van der Waals surface area contributed by atoms with Crippen LogP contribution >= 0.6 is 15.9 Å². The number of hydrogen-bond acceptors (Lipinski definition) is 5. The van der Waals surface area contributed by atoms with Gasteiger partial charge in [0.05, 0.1) is 12.7 Å². The maximum Gasteiger partial charge on any atom is 0.338 e. The number of aromatic nitrogens is 1. The molecule has 7 heteroatoms. The van der Waals surface area contributed by atoms with Crippen LogP contribution in [-0.2, 0) is 4.74 Å². The summed E-state index contributed by atoms with van der Waals surface area (Å²) >= 11 is 3.27. The van der Waals surface area contributed by atoms with E-state index in [1.54, 1.807) is 13.0 Å². The topological polar surface area (TPSA) is 74.4 Å². The van der Waals surface area contributed by atoms with Crippen molar-refractivity contribution in [3.8, 4) is 5.75 Å². The molecule has 0 fully saturated rings. The van der Waals surface area contributed by atoms with Gasteiger partial charge in [-0.2, -0.15) is 0 Å². The summed E-state index contributed by atoms with van der Waals surface area (Å²) in [5.74, 6) is -0.503. The van der Waals surface area contributed by atoms with Crippen molar-refractivity contribution in [1.29, 1.82) is 0 Å². The molecule has 0 unspecified atom stereocenters. The van der Waals surface area contributed by atoms with E-state index >= 15 is 0 Å². The molecule has 0 saturated carbocycles. The molecule has 1 atom stereocenters. The highest BCUT2D eigenvalue weighted by molar-refractivity contribution is 9.10. The predicted molar refractivity (Wildman–Crippen MR) is 83.1 cm³/mol. The maximum absolute atomic E-state index is 13.5. The number of carbonyl (C=O) groups is 1. The van der Waals surface area contributed by atoms with Crippen molar-refractivity contribution in [2.24, 2.45) is 0 Å². The minimum atomic E-state index is -0.622. The molecule has 2 N–H and O–H groups in total. The third-order valence-corrected chi connectivity index (χ3v) is 3.44. The van der Waals surface area contributed by atoms with E-state index in [9.17, 15) is 9.18 Å². The Labute approximate surface area is 135 Å². The summed E-state index contributed by atoms with van der Waals surface area (Å²) in [6.45, 7) is 1.68. The van der Waals surface area contributed by atoms with Crippen molar-refractivity contribution < 1.29 is 18.7 Å². The summed E-state index contributed by atoms with van der Waals surface area (Å²) in [6.07, 6.45) is 0.915. The molecular formula is C15H14BrFN2O3. The van der Waals surface area contributed by atoms with Gasteiger partial charge in [-0.3, -0.25) is 0 Å². The summed E-state index contributed by atoms with van der Waals surface area (Å²) in [7, 11) is 1.26. The molecule has 0 radical (unpaired) electrons. The van der Waals surface area contributed by atoms with Crippen LogP contribution in [-0.4, -0.2) is 18.1 Å². The molecule has 116 valence electrons. The Bertz CT molecular complexity index is 709.